The highest BCUT2D eigenvalue weighted by atomic mass is 16.6. The molecule has 0 saturated heterocycles. The third kappa shape index (κ3) is 4.32. The summed E-state index contributed by atoms with van der Waals surface area (Å²) in [5.41, 5.74) is 7.59. The van der Waals surface area contributed by atoms with Crippen LogP contribution in [0, 0.1) is 5.92 Å². The maximum absolute atomic E-state index is 12.4. The van der Waals surface area contributed by atoms with Gasteiger partial charge in [0, 0.05) is 0 Å². The molecule has 0 fully saturated rings. The number of hydrazine groups is 1. The van der Waals surface area contributed by atoms with Crippen molar-refractivity contribution in [1.82, 2.24) is 10.9 Å². The predicted octanol–water partition coefficient (Wildman–Crippen LogP) is 3.14. The SMILES string of the molecule is CC(C)/C=C(\NNC(=O)[C@@H]1COc2ccccc2O1)c1ccccc1. The minimum absolute atomic E-state index is 0.180. The van der Waals surface area contributed by atoms with E-state index in [1.807, 2.05) is 48.5 Å². The molecule has 0 radical (unpaired) electrons. The molecule has 0 aromatic heterocycles. The summed E-state index contributed by atoms with van der Waals surface area (Å²) in [4.78, 5) is 12.4. The van der Waals surface area contributed by atoms with E-state index in [0.717, 1.165) is 11.3 Å². The van der Waals surface area contributed by atoms with Crippen LogP contribution in [0.25, 0.3) is 5.70 Å². The number of amides is 1. The second-order valence-corrected chi connectivity index (χ2v) is 6.17. The lowest BCUT2D eigenvalue weighted by molar-refractivity contribution is -0.131. The normalized spacial score (nSPS) is 16.4. The lowest BCUT2D eigenvalue weighted by Gasteiger charge is -2.26. The molecular formula is C20H22N2O3. The van der Waals surface area contributed by atoms with Crippen molar-refractivity contribution in [2.75, 3.05) is 6.61 Å². The van der Waals surface area contributed by atoms with Crippen molar-refractivity contribution >= 4 is 11.6 Å². The third-order valence-corrected chi connectivity index (χ3v) is 3.71. The van der Waals surface area contributed by atoms with Crippen molar-refractivity contribution in [3.8, 4) is 11.5 Å². The Bertz CT molecular complexity index is 757. The van der Waals surface area contributed by atoms with Crippen molar-refractivity contribution in [3.63, 3.8) is 0 Å². The Morgan fingerprint density at radius 3 is 2.44 bits per heavy atom. The number of benzene rings is 2. The summed E-state index contributed by atoms with van der Waals surface area (Å²) in [6.07, 6.45) is 1.36. The minimum atomic E-state index is -0.696. The van der Waals surface area contributed by atoms with Gasteiger partial charge in [-0.15, -0.1) is 0 Å². The number of hydrogen-bond acceptors (Lipinski definition) is 4. The molecule has 2 aromatic rings. The molecule has 1 heterocycles. The molecule has 5 nitrogen and oxygen atoms in total. The van der Waals surface area contributed by atoms with E-state index in [1.54, 1.807) is 6.07 Å². The number of para-hydroxylation sites is 2. The van der Waals surface area contributed by atoms with E-state index in [2.05, 4.69) is 30.8 Å². The van der Waals surface area contributed by atoms with Crippen LogP contribution in [-0.2, 0) is 4.79 Å². The first kappa shape index (κ1) is 16.9. The summed E-state index contributed by atoms with van der Waals surface area (Å²) in [6.45, 7) is 4.35. The zero-order valence-corrected chi connectivity index (χ0v) is 14.4. The molecule has 1 aliphatic heterocycles. The Hall–Kier alpha value is -2.95. The van der Waals surface area contributed by atoms with E-state index >= 15 is 0 Å². The quantitative estimate of drug-likeness (QED) is 0.822. The minimum Gasteiger partial charge on any atom is -0.485 e. The number of carbonyl (C=O) groups is 1. The van der Waals surface area contributed by atoms with E-state index in [4.69, 9.17) is 9.47 Å². The first-order chi connectivity index (χ1) is 12.1. The molecular weight excluding hydrogens is 316 g/mol. The molecule has 130 valence electrons. The molecule has 1 aliphatic rings. The van der Waals surface area contributed by atoms with E-state index in [-0.39, 0.29) is 12.5 Å². The summed E-state index contributed by atoms with van der Waals surface area (Å²) in [7, 11) is 0. The summed E-state index contributed by atoms with van der Waals surface area (Å²) in [6, 6.07) is 17.2. The van der Waals surface area contributed by atoms with Gasteiger partial charge >= 0.3 is 0 Å². The van der Waals surface area contributed by atoms with E-state index in [9.17, 15) is 4.79 Å². The van der Waals surface area contributed by atoms with Gasteiger partial charge in [0.05, 0.1) is 5.70 Å². The van der Waals surface area contributed by atoms with Crippen molar-refractivity contribution in [2.45, 2.75) is 20.0 Å². The molecule has 3 rings (SSSR count). The molecule has 0 spiro atoms. The number of hydrogen-bond donors (Lipinski definition) is 2. The lowest BCUT2D eigenvalue weighted by Crippen LogP contribution is -2.48. The van der Waals surface area contributed by atoms with Crippen LogP contribution < -0.4 is 20.3 Å². The summed E-state index contributed by atoms with van der Waals surface area (Å²) in [5, 5.41) is 0. The van der Waals surface area contributed by atoms with Crippen LogP contribution in [0.4, 0.5) is 0 Å². The third-order valence-electron chi connectivity index (χ3n) is 3.71. The van der Waals surface area contributed by atoms with Crippen LogP contribution >= 0.6 is 0 Å². The first-order valence-electron chi connectivity index (χ1n) is 8.35. The molecule has 5 heteroatoms. The molecule has 1 amide bonds. The standard InChI is InChI=1S/C20H22N2O3/c1-14(2)12-16(15-8-4-3-5-9-15)21-22-20(23)19-13-24-17-10-6-7-11-18(17)25-19/h3-12,14,19,21H,13H2,1-2H3,(H,22,23)/b16-12-/t19-/m0/s1. The number of ether oxygens (including phenoxy) is 2. The second-order valence-electron chi connectivity index (χ2n) is 6.17. The van der Waals surface area contributed by atoms with Crippen LogP contribution in [0.3, 0.4) is 0 Å². The molecule has 0 unspecified atom stereocenters. The highest BCUT2D eigenvalue weighted by molar-refractivity contribution is 5.82. The van der Waals surface area contributed by atoms with Gasteiger partial charge in [0.25, 0.3) is 5.91 Å². The average Bonchev–Trinajstić information content (AvgIpc) is 2.65. The maximum Gasteiger partial charge on any atom is 0.282 e. The van der Waals surface area contributed by atoms with Gasteiger partial charge < -0.3 is 9.47 Å². The largest absolute Gasteiger partial charge is 0.485 e. The Labute approximate surface area is 147 Å². The fourth-order valence-corrected chi connectivity index (χ4v) is 2.52. The zero-order valence-electron chi connectivity index (χ0n) is 14.4. The number of allylic oxidation sites excluding steroid dienone is 1. The molecule has 0 aliphatic carbocycles. The Morgan fingerprint density at radius 2 is 1.72 bits per heavy atom. The van der Waals surface area contributed by atoms with Crippen molar-refractivity contribution < 1.29 is 14.3 Å². The summed E-state index contributed by atoms with van der Waals surface area (Å²) >= 11 is 0. The van der Waals surface area contributed by atoms with Crippen molar-refractivity contribution in [1.29, 1.82) is 0 Å². The fourth-order valence-electron chi connectivity index (χ4n) is 2.52. The van der Waals surface area contributed by atoms with Gasteiger partial charge in [-0.1, -0.05) is 62.4 Å². The van der Waals surface area contributed by atoms with Gasteiger partial charge in [0.15, 0.2) is 11.5 Å². The van der Waals surface area contributed by atoms with Gasteiger partial charge in [-0.25, -0.2) is 0 Å². The van der Waals surface area contributed by atoms with E-state index in [0.29, 0.717) is 17.4 Å². The lowest BCUT2D eigenvalue weighted by atomic mass is 10.1. The van der Waals surface area contributed by atoms with Crippen molar-refractivity contribution in [2.24, 2.45) is 5.92 Å². The number of nitrogens with one attached hydrogen (secondary N) is 2. The first-order valence-corrected chi connectivity index (χ1v) is 8.35. The van der Waals surface area contributed by atoms with Crippen LogP contribution in [0.1, 0.15) is 19.4 Å². The van der Waals surface area contributed by atoms with Crippen LogP contribution in [-0.4, -0.2) is 18.6 Å². The van der Waals surface area contributed by atoms with Gasteiger partial charge in [-0.3, -0.25) is 15.6 Å². The van der Waals surface area contributed by atoms with E-state index < -0.39 is 6.10 Å². The van der Waals surface area contributed by atoms with Gasteiger partial charge in [-0.05, 0) is 23.6 Å². The predicted molar refractivity (Wildman–Crippen MR) is 96.9 cm³/mol. The monoisotopic (exact) mass is 338 g/mol. The van der Waals surface area contributed by atoms with Gasteiger partial charge in [-0.2, -0.15) is 0 Å². The number of carbonyl (C=O) groups excluding carboxylic acids is 1. The Kier molecular flexibility index (Phi) is 5.23. The van der Waals surface area contributed by atoms with Crippen molar-refractivity contribution in [3.05, 3.63) is 66.2 Å². The highest BCUT2D eigenvalue weighted by Crippen LogP contribution is 2.30. The van der Waals surface area contributed by atoms with Crippen LogP contribution in [0.15, 0.2) is 60.7 Å². The second kappa shape index (κ2) is 7.75. The Balaban J connectivity index is 1.65. The maximum atomic E-state index is 12.4. The van der Waals surface area contributed by atoms with E-state index in [1.165, 1.54) is 0 Å². The summed E-state index contributed by atoms with van der Waals surface area (Å²) in [5.74, 6) is 1.29. The number of fused-ring (bicyclic) bond motifs is 1. The Morgan fingerprint density at radius 1 is 1.04 bits per heavy atom. The molecule has 25 heavy (non-hydrogen) atoms. The smallest absolute Gasteiger partial charge is 0.282 e. The van der Waals surface area contributed by atoms with Gasteiger partial charge in [0.1, 0.15) is 6.61 Å². The molecule has 0 saturated carbocycles. The zero-order chi connectivity index (χ0) is 17.6. The van der Waals surface area contributed by atoms with Crippen LogP contribution in [0.5, 0.6) is 11.5 Å². The highest BCUT2D eigenvalue weighted by Gasteiger charge is 2.27. The molecule has 2 N–H and O–H groups in total. The molecule has 1 atom stereocenters. The van der Waals surface area contributed by atoms with Gasteiger partial charge in [0.2, 0.25) is 6.10 Å². The van der Waals surface area contributed by atoms with Crippen LogP contribution in [0.2, 0.25) is 0 Å². The fraction of sp³-hybridized carbons (Fsp3) is 0.250. The average molecular weight is 338 g/mol. The molecule has 2 aromatic carbocycles. The summed E-state index contributed by atoms with van der Waals surface area (Å²) < 4.78 is 11.3. The topological polar surface area (TPSA) is 59.6 Å². The molecule has 0 bridgehead atoms. The number of rotatable bonds is 5.